The van der Waals surface area contributed by atoms with Crippen LogP contribution in [0.2, 0.25) is 0 Å². The van der Waals surface area contributed by atoms with Gasteiger partial charge in [-0.05, 0) is 78.9 Å². The number of alkyl halides is 2. The van der Waals surface area contributed by atoms with Crippen LogP contribution in [-0.4, -0.2) is 30.1 Å². The number of anilines is 1. The topological polar surface area (TPSA) is 90.7 Å². The van der Waals surface area contributed by atoms with Gasteiger partial charge >= 0.3 is 12.6 Å². The molecule has 0 saturated heterocycles. The molecule has 1 aliphatic carbocycles. The fourth-order valence-corrected chi connectivity index (χ4v) is 4.37. The number of nitrogens with zero attached hydrogens (tertiary/aromatic N) is 1. The molecule has 0 aliphatic heterocycles. The Morgan fingerprint density at radius 3 is 2.62 bits per heavy atom. The number of esters is 1. The zero-order valence-corrected chi connectivity index (χ0v) is 19.6. The van der Waals surface area contributed by atoms with Gasteiger partial charge in [-0.3, -0.25) is 4.79 Å². The highest BCUT2D eigenvalue weighted by Crippen LogP contribution is 2.36. The molecule has 9 heteroatoms. The normalized spacial score (nSPS) is 14.0. The molecule has 5 rings (SSSR count). The maximum absolute atomic E-state index is 13.3. The van der Waals surface area contributed by atoms with Gasteiger partial charge in [0.2, 0.25) is 0 Å². The van der Waals surface area contributed by atoms with Crippen molar-refractivity contribution in [1.82, 2.24) is 4.98 Å². The van der Waals surface area contributed by atoms with Gasteiger partial charge in [-0.1, -0.05) is 18.2 Å². The summed E-state index contributed by atoms with van der Waals surface area (Å²) in [7, 11) is 0. The Balaban J connectivity index is 1.37. The predicted octanol–water partition coefficient (Wildman–Crippen LogP) is 6.10. The number of ether oxygens (including phenoxy) is 2. The molecule has 1 amide bonds. The van der Waals surface area contributed by atoms with E-state index in [9.17, 15) is 18.4 Å². The second kappa shape index (κ2) is 10.6. The molecule has 1 N–H and O–H groups in total. The first-order chi connectivity index (χ1) is 18.0. The summed E-state index contributed by atoms with van der Waals surface area (Å²) < 4.78 is 39.8. The van der Waals surface area contributed by atoms with Gasteiger partial charge in [0.1, 0.15) is 11.5 Å². The van der Waals surface area contributed by atoms with E-state index in [0.29, 0.717) is 34.3 Å². The van der Waals surface area contributed by atoms with Gasteiger partial charge in [0.25, 0.3) is 5.91 Å². The van der Waals surface area contributed by atoms with E-state index in [4.69, 9.17) is 14.1 Å². The molecule has 0 fully saturated rings. The average molecular weight is 504 g/mol. The van der Waals surface area contributed by atoms with Crippen LogP contribution in [0.1, 0.15) is 40.2 Å². The minimum absolute atomic E-state index is 0.0331. The van der Waals surface area contributed by atoms with Gasteiger partial charge in [0, 0.05) is 11.1 Å². The first kappa shape index (κ1) is 24.2. The quantitative estimate of drug-likeness (QED) is 0.306. The number of carbonyl (C=O) groups excluding carboxylic acids is 2. The lowest BCUT2D eigenvalue weighted by atomic mass is 9.86. The number of allylic oxidation sites excluding steroid dienone is 1. The van der Waals surface area contributed by atoms with Crippen molar-refractivity contribution in [1.29, 1.82) is 0 Å². The molecular weight excluding hydrogens is 482 g/mol. The smallest absolute Gasteiger partial charge is 0.387 e. The molecule has 7 nitrogen and oxygen atoms in total. The molecule has 2 heterocycles. The van der Waals surface area contributed by atoms with Crippen LogP contribution in [0.4, 0.5) is 14.5 Å². The minimum Gasteiger partial charge on any atom is -0.465 e. The van der Waals surface area contributed by atoms with Crippen LogP contribution in [0.3, 0.4) is 0 Å². The molecule has 0 bridgehead atoms. The summed E-state index contributed by atoms with van der Waals surface area (Å²) >= 11 is 0. The van der Waals surface area contributed by atoms with Crippen molar-refractivity contribution in [3.63, 3.8) is 0 Å². The van der Waals surface area contributed by atoms with Gasteiger partial charge in [-0.15, -0.1) is 0 Å². The Labute approximate surface area is 210 Å². The number of hydrogen-bond acceptors (Lipinski definition) is 6. The fraction of sp³-hybridized carbons (Fsp3) is 0.179. The van der Waals surface area contributed by atoms with Crippen molar-refractivity contribution in [3.8, 4) is 5.75 Å². The predicted molar refractivity (Wildman–Crippen MR) is 133 cm³/mol. The summed E-state index contributed by atoms with van der Waals surface area (Å²) in [4.78, 5) is 30.6. The number of para-hydroxylation sites is 1. The summed E-state index contributed by atoms with van der Waals surface area (Å²) in [6.07, 6.45) is 5.79. The van der Waals surface area contributed by atoms with Crippen LogP contribution >= 0.6 is 0 Å². The molecule has 0 radical (unpaired) electrons. The highest BCUT2D eigenvalue weighted by Gasteiger charge is 2.26. The van der Waals surface area contributed by atoms with Gasteiger partial charge in [0.05, 0.1) is 23.0 Å². The van der Waals surface area contributed by atoms with E-state index in [1.54, 1.807) is 6.26 Å². The number of benzene rings is 2. The van der Waals surface area contributed by atoms with E-state index in [0.717, 1.165) is 29.7 Å². The SMILES string of the molecule is O=C(COC(=O)c1c2c(nc3ccccc13)/C(=C/c1ccco1)CCC2)Nc1ccc(OC(F)F)cc1. The Kier molecular flexibility index (Phi) is 6.93. The molecule has 2 aromatic carbocycles. The van der Waals surface area contributed by atoms with E-state index in [1.165, 1.54) is 24.3 Å². The van der Waals surface area contributed by atoms with Crippen LogP contribution in [0.5, 0.6) is 5.75 Å². The molecule has 2 aromatic heterocycles. The van der Waals surface area contributed by atoms with Crippen LogP contribution in [-0.2, 0) is 16.0 Å². The maximum Gasteiger partial charge on any atom is 0.387 e. The highest BCUT2D eigenvalue weighted by atomic mass is 19.3. The number of hydrogen-bond donors (Lipinski definition) is 1. The first-order valence-corrected chi connectivity index (χ1v) is 11.7. The number of furan rings is 1. The number of aromatic nitrogens is 1. The van der Waals surface area contributed by atoms with E-state index in [-0.39, 0.29) is 5.75 Å². The molecule has 0 spiro atoms. The Bertz CT molecular complexity index is 1460. The summed E-state index contributed by atoms with van der Waals surface area (Å²) in [5.41, 5.74) is 3.87. The van der Waals surface area contributed by atoms with Crippen molar-refractivity contribution in [2.24, 2.45) is 0 Å². The van der Waals surface area contributed by atoms with Crippen molar-refractivity contribution >= 4 is 40.1 Å². The summed E-state index contributed by atoms with van der Waals surface area (Å²) in [5.74, 6) is -0.520. The zero-order valence-electron chi connectivity index (χ0n) is 19.6. The number of halogens is 2. The van der Waals surface area contributed by atoms with E-state index < -0.39 is 25.1 Å². The lowest BCUT2D eigenvalue weighted by molar-refractivity contribution is -0.119. The Morgan fingerprint density at radius 2 is 1.86 bits per heavy atom. The van der Waals surface area contributed by atoms with Gasteiger partial charge < -0.3 is 19.2 Å². The number of nitrogens with one attached hydrogen (secondary N) is 1. The number of amides is 1. The molecule has 37 heavy (non-hydrogen) atoms. The van der Waals surface area contributed by atoms with Crippen molar-refractivity contribution in [3.05, 3.63) is 89.5 Å². The minimum atomic E-state index is -2.94. The number of fused-ring (bicyclic) bond motifs is 2. The van der Waals surface area contributed by atoms with Crippen molar-refractivity contribution in [2.75, 3.05) is 11.9 Å². The zero-order chi connectivity index (χ0) is 25.8. The largest absolute Gasteiger partial charge is 0.465 e. The molecular formula is C28H22F2N2O5. The number of rotatable bonds is 7. The van der Waals surface area contributed by atoms with Crippen molar-refractivity contribution < 1.29 is 32.3 Å². The molecule has 4 aromatic rings. The lowest BCUT2D eigenvalue weighted by Crippen LogP contribution is -2.22. The molecule has 0 atom stereocenters. The first-order valence-electron chi connectivity index (χ1n) is 11.7. The lowest BCUT2D eigenvalue weighted by Gasteiger charge is -2.22. The van der Waals surface area contributed by atoms with Crippen LogP contribution in [0, 0.1) is 0 Å². The standard InChI is InChI=1S/C28H22F2N2O5/c29-28(30)37-19-12-10-18(11-13-19)31-24(33)16-36-27(34)25-21-7-1-2-9-23(21)32-26-17(5-3-8-22(25)26)15-20-6-4-14-35-20/h1-2,4,6-7,9-15,28H,3,5,8,16H2,(H,31,33)/b17-15+. The third kappa shape index (κ3) is 5.50. The van der Waals surface area contributed by atoms with Crippen LogP contribution < -0.4 is 10.1 Å². The van der Waals surface area contributed by atoms with Gasteiger partial charge in [-0.2, -0.15) is 8.78 Å². The maximum atomic E-state index is 13.3. The average Bonchev–Trinajstić information content (AvgIpc) is 3.40. The number of pyridine rings is 1. The second-order valence-corrected chi connectivity index (χ2v) is 8.40. The summed E-state index contributed by atoms with van der Waals surface area (Å²) in [6, 6.07) is 16.4. The molecule has 1 aliphatic rings. The third-order valence-electron chi connectivity index (χ3n) is 5.93. The monoisotopic (exact) mass is 504 g/mol. The summed E-state index contributed by atoms with van der Waals surface area (Å²) in [6.45, 7) is -3.46. The Morgan fingerprint density at radius 1 is 1.05 bits per heavy atom. The molecule has 0 unspecified atom stereocenters. The van der Waals surface area contributed by atoms with Crippen molar-refractivity contribution in [2.45, 2.75) is 25.9 Å². The van der Waals surface area contributed by atoms with E-state index in [1.807, 2.05) is 42.5 Å². The highest BCUT2D eigenvalue weighted by molar-refractivity contribution is 6.07. The number of carbonyl (C=O) groups is 2. The van der Waals surface area contributed by atoms with Crippen LogP contribution in [0.25, 0.3) is 22.6 Å². The van der Waals surface area contributed by atoms with Crippen LogP contribution in [0.15, 0.2) is 71.3 Å². The molecule has 0 saturated carbocycles. The van der Waals surface area contributed by atoms with E-state index in [2.05, 4.69) is 10.1 Å². The van der Waals surface area contributed by atoms with E-state index >= 15 is 0 Å². The summed E-state index contributed by atoms with van der Waals surface area (Å²) in [5, 5.41) is 3.22. The Hall–Kier alpha value is -4.53. The molecule has 188 valence electrons. The van der Waals surface area contributed by atoms with Gasteiger partial charge in [0.15, 0.2) is 6.61 Å². The third-order valence-corrected chi connectivity index (χ3v) is 5.93. The second-order valence-electron chi connectivity index (χ2n) is 8.40. The fourth-order valence-electron chi connectivity index (χ4n) is 4.37. The van der Waals surface area contributed by atoms with Gasteiger partial charge in [-0.25, -0.2) is 9.78 Å².